The highest BCUT2D eigenvalue weighted by Crippen LogP contribution is 2.46. The number of rotatable bonds is 3. The molecule has 29 heavy (non-hydrogen) atoms. The number of aliphatic hydroxyl groups is 2. The van der Waals surface area contributed by atoms with Crippen LogP contribution in [0.4, 0.5) is 13.2 Å². The Balaban J connectivity index is 1.69. The van der Waals surface area contributed by atoms with E-state index >= 15 is 0 Å². The van der Waals surface area contributed by atoms with Gasteiger partial charge in [-0.2, -0.15) is 0 Å². The summed E-state index contributed by atoms with van der Waals surface area (Å²) in [6.07, 6.45) is 1.80. The van der Waals surface area contributed by atoms with E-state index in [9.17, 15) is 23.4 Å². The normalized spacial score (nSPS) is 32.6. The highest BCUT2D eigenvalue weighted by Gasteiger charge is 2.54. The van der Waals surface area contributed by atoms with Crippen LogP contribution in [-0.2, 0) is 9.47 Å². The van der Waals surface area contributed by atoms with E-state index < -0.39 is 48.1 Å². The molecule has 3 heterocycles. The van der Waals surface area contributed by atoms with Crippen LogP contribution < -0.4 is 0 Å². The van der Waals surface area contributed by atoms with Gasteiger partial charge in [0.25, 0.3) is 0 Å². The molecule has 0 aliphatic carbocycles. The summed E-state index contributed by atoms with van der Waals surface area (Å²) in [5, 5.41) is 28.4. The smallest absolute Gasteiger partial charge is 0.194 e. The number of nitrogens with zero attached hydrogens (tertiary/aromatic N) is 3. The van der Waals surface area contributed by atoms with Gasteiger partial charge in [0.1, 0.15) is 17.9 Å². The summed E-state index contributed by atoms with van der Waals surface area (Å²) in [5.74, 6) is -5.54. The van der Waals surface area contributed by atoms with Gasteiger partial charge in [0.05, 0.1) is 25.5 Å². The molecular formula is C19H22F3N3O4. The molecule has 2 N–H and O–H groups in total. The molecule has 2 aliphatic rings. The summed E-state index contributed by atoms with van der Waals surface area (Å²) >= 11 is 0. The topological polar surface area (TPSA) is 89.6 Å². The zero-order valence-electron chi connectivity index (χ0n) is 15.8. The summed E-state index contributed by atoms with van der Waals surface area (Å²) < 4.78 is 53.7. The van der Waals surface area contributed by atoms with E-state index in [-0.39, 0.29) is 17.2 Å². The molecule has 4 rings (SSSR count). The van der Waals surface area contributed by atoms with Crippen molar-refractivity contribution in [3.63, 3.8) is 0 Å². The second-order valence-corrected chi connectivity index (χ2v) is 7.56. The number of hydrogen-bond donors (Lipinski definition) is 2. The quantitative estimate of drug-likeness (QED) is 0.750. The number of aliphatic hydroxyl groups excluding tert-OH is 2. The number of benzene rings is 1. The summed E-state index contributed by atoms with van der Waals surface area (Å²) in [7, 11) is 0. The van der Waals surface area contributed by atoms with E-state index in [1.807, 2.05) is 6.92 Å². The molecule has 0 saturated carbocycles. The van der Waals surface area contributed by atoms with E-state index in [4.69, 9.17) is 9.47 Å². The van der Waals surface area contributed by atoms with Crippen LogP contribution >= 0.6 is 0 Å². The number of hydrogen-bond acceptors (Lipinski definition) is 6. The largest absolute Gasteiger partial charge is 0.394 e. The minimum atomic E-state index is -1.56. The number of ether oxygens (including phenoxy) is 2. The fourth-order valence-electron chi connectivity index (χ4n) is 4.24. The fourth-order valence-corrected chi connectivity index (χ4v) is 4.24. The maximum atomic E-state index is 13.6. The lowest BCUT2D eigenvalue weighted by atomic mass is 9.80. The Morgan fingerprint density at radius 1 is 1.24 bits per heavy atom. The molecule has 0 unspecified atom stereocenters. The van der Waals surface area contributed by atoms with Crippen LogP contribution in [0.25, 0.3) is 11.3 Å². The second kappa shape index (κ2) is 7.67. The second-order valence-electron chi connectivity index (χ2n) is 7.56. The summed E-state index contributed by atoms with van der Waals surface area (Å²) in [6, 6.07) is 1.01. The molecule has 0 bridgehead atoms. The van der Waals surface area contributed by atoms with Gasteiger partial charge in [-0.05, 0) is 25.0 Å². The Kier molecular flexibility index (Phi) is 5.36. The first-order chi connectivity index (χ1) is 13.9. The molecule has 2 fully saturated rings. The lowest BCUT2D eigenvalue weighted by molar-refractivity contribution is -0.350. The van der Waals surface area contributed by atoms with Gasteiger partial charge in [-0.15, -0.1) is 5.10 Å². The molecule has 10 heteroatoms. The van der Waals surface area contributed by atoms with E-state index in [0.717, 1.165) is 25.0 Å². The zero-order chi connectivity index (χ0) is 20.8. The standard InChI is InChI=1S/C19H22F3N3O4/c1-10-17(18(27)15(9-26)29-19(10)4-2-3-5-28-19)25-8-14(23-24-25)11-6-12(20)16(22)13(21)7-11/h6-8,10,15,17-18,26-27H,2-5,9H2,1H3/t10-,15-,17-,18+,19+/m1/s1. The van der Waals surface area contributed by atoms with Gasteiger partial charge in [-0.3, -0.25) is 0 Å². The van der Waals surface area contributed by atoms with Gasteiger partial charge in [-0.25, -0.2) is 17.9 Å². The van der Waals surface area contributed by atoms with Crippen LogP contribution in [0.15, 0.2) is 18.3 Å². The average Bonchev–Trinajstić information content (AvgIpc) is 3.19. The van der Waals surface area contributed by atoms with Crippen molar-refractivity contribution in [1.29, 1.82) is 0 Å². The minimum Gasteiger partial charge on any atom is -0.394 e. The van der Waals surface area contributed by atoms with Crippen LogP contribution in [0.3, 0.4) is 0 Å². The first-order valence-corrected chi connectivity index (χ1v) is 9.54. The number of halogens is 3. The predicted octanol–water partition coefficient (Wildman–Crippen LogP) is 2.19. The van der Waals surface area contributed by atoms with Crippen LogP contribution in [0.2, 0.25) is 0 Å². The first kappa shape index (κ1) is 20.3. The molecule has 0 amide bonds. The highest BCUT2D eigenvalue weighted by molar-refractivity contribution is 5.57. The average molecular weight is 413 g/mol. The first-order valence-electron chi connectivity index (χ1n) is 9.54. The zero-order valence-corrected chi connectivity index (χ0v) is 15.8. The summed E-state index contributed by atoms with van der Waals surface area (Å²) in [4.78, 5) is 0. The predicted molar refractivity (Wildman–Crippen MR) is 94.0 cm³/mol. The van der Waals surface area contributed by atoms with Crippen molar-refractivity contribution in [2.45, 2.75) is 50.2 Å². The van der Waals surface area contributed by atoms with Crippen LogP contribution in [-0.4, -0.2) is 56.4 Å². The lowest BCUT2D eigenvalue weighted by Gasteiger charge is -2.52. The molecule has 158 valence electrons. The maximum absolute atomic E-state index is 13.6. The van der Waals surface area contributed by atoms with Gasteiger partial charge in [0.15, 0.2) is 23.2 Å². The third-order valence-electron chi connectivity index (χ3n) is 5.83. The summed E-state index contributed by atoms with van der Waals surface area (Å²) in [6.45, 7) is 1.94. The Morgan fingerprint density at radius 2 is 1.97 bits per heavy atom. The molecule has 5 atom stereocenters. The minimum absolute atomic E-state index is 0.0178. The summed E-state index contributed by atoms with van der Waals surface area (Å²) in [5.41, 5.74) is 0.136. The molecular weight excluding hydrogens is 391 g/mol. The molecule has 1 spiro atoms. The van der Waals surface area contributed by atoms with Gasteiger partial charge >= 0.3 is 0 Å². The maximum Gasteiger partial charge on any atom is 0.194 e. The van der Waals surface area contributed by atoms with Crippen molar-refractivity contribution in [2.75, 3.05) is 13.2 Å². The van der Waals surface area contributed by atoms with Crippen molar-refractivity contribution >= 4 is 0 Å². The van der Waals surface area contributed by atoms with Crippen molar-refractivity contribution in [3.05, 3.63) is 35.8 Å². The third kappa shape index (κ3) is 3.43. The number of aromatic nitrogens is 3. The van der Waals surface area contributed by atoms with Gasteiger partial charge < -0.3 is 19.7 Å². The lowest BCUT2D eigenvalue weighted by Crippen LogP contribution is -2.61. The Morgan fingerprint density at radius 3 is 2.59 bits per heavy atom. The monoisotopic (exact) mass is 413 g/mol. The van der Waals surface area contributed by atoms with E-state index in [2.05, 4.69) is 10.3 Å². The third-order valence-corrected chi connectivity index (χ3v) is 5.83. The molecule has 2 aliphatic heterocycles. The molecule has 1 aromatic heterocycles. The molecule has 0 radical (unpaired) electrons. The Hall–Kier alpha value is -2.01. The van der Waals surface area contributed by atoms with E-state index in [1.54, 1.807) is 0 Å². The Bertz CT molecular complexity index is 864. The van der Waals surface area contributed by atoms with Gasteiger partial charge in [0, 0.05) is 17.9 Å². The Labute approximate surface area is 165 Å². The van der Waals surface area contributed by atoms with Crippen molar-refractivity contribution in [2.24, 2.45) is 5.92 Å². The SMILES string of the molecule is C[C@@H]1[C@@H](n2cc(-c3cc(F)c(F)c(F)c3)nn2)[C@@H](O)[C@@H](CO)O[C@@]12CCCCO2. The van der Waals surface area contributed by atoms with E-state index in [1.165, 1.54) is 10.9 Å². The van der Waals surface area contributed by atoms with Gasteiger partial charge in [-0.1, -0.05) is 12.1 Å². The van der Waals surface area contributed by atoms with Crippen molar-refractivity contribution < 1.29 is 32.9 Å². The van der Waals surface area contributed by atoms with Gasteiger partial charge in [0.2, 0.25) is 0 Å². The van der Waals surface area contributed by atoms with Crippen LogP contribution in [0, 0.1) is 23.4 Å². The fraction of sp³-hybridized carbons (Fsp3) is 0.579. The van der Waals surface area contributed by atoms with Crippen molar-refractivity contribution in [1.82, 2.24) is 15.0 Å². The van der Waals surface area contributed by atoms with E-state index in [0.29, 0.717) is 13.0 Å². The molecule has 2 saturated heterocycles. The highest BCUT2D eigenvalue weighted by atomic mass is 19.2. The van der Waals surface area contributed by atoms with Crippen LogP contribution in [0.5, 0.6) is 0 Å². The molecule has 2 aromatic rings. The molecule has 7 nitrogen and oxygen atoms in total. The molecule has 1 aromatic carbocycles. The van der Waals surface area contributed by atoms with Crippen LogP contribution in [0.1, 0.15) is 32.2 Å². The van der Waals surface area contributed by atoms with Crippen molar-refractivity contribution in [3.8, 4) is 11.3 Å².